The van der Waals surface area contributed by atoms with Crippen molar-refractivity contribution < 1.29 is 24.9 Å². The predicted molar refractivity (Wildman–Crippen MR) is 80.5 cm³/mol. The maximum Gasteiger partial charge on any atom is 0.326 e. The van der Waals surface area contributed by atoms with E-state index in [1.165, 1.54) is 18.2 Å². The average molecular weight is 310 g/mol. The van der Waals surface area contributed by atoms with Crippen LogP contribution >= 0.6 is 0 Å². The Kier molecular flexibility index (Phi) is 6.18. The quantitative estimate of drug-likeness (QED) is 0.468. The molecule has 0 bridgehead atoms. The molecule has 0 aliphatic carbocycles. The number of benzene rings is 1. The Bertz CT molecular complexity index is 545. The molecule has 0 fully saturated rings. The van der Waals surface area contributed by atoms with Gasteiger partial charge in [-0.05, 0) is 30.0 Å². The second-order valence-corrected chi connectivity index (χ2v) is 5.66. The van der Waals surface area contributed by atoms with Crippen molar-refractivity contribution in [3.8, 4) is 11.5 Å². The lowest BCUT2D eigenvalue weighted by Gasteiger charge is -2.19. The number of carbonyl (C=O) groups is 2. The van der Waals surface area contributed by atoms with Crippen LogP contribution in [0.15, 0.2) is 18.2 Å². The first-order chi connectivity index (χ1) is 10.2. The first-order valence-corrected chi connectivity index (χ1v) is 7.00. The molecule has 7 nitrogen and oxygen atoms in total. The fraction of sp³-hybridized carbons (Fsp3) is 0.467. The molecule has 6 N–H and O–H groups in total. The van der Waals surface area contributed by atoms with Crippen molar-refractivity contribution in [3.63, 3.8) is 0 Å². The summed E-state index contributed by atoms with van der Waals surface area (Å²) in [6, 6.07) is 2.07. The van der Waals surface area contributed by atoms with E-state index in [9.17, 15) is 24.9 Å². The molecule has 1 aromatic rings. The molecule has 0 saturated heterocycles. The normalized spacial score (nSPS) is 13.6. The second kappa shape index (κ2) is 7.65. The zero-order chi connectivity index (χ0) is 16.9. The molecule has 0 spiro atoms. The lowest BCUT2D eigenvalue weighted by molar-refractivity contribution is -0.142. The fourth-order valence-corrected chi connectivity index (χ4v) is 2.03. The number of rotatable bonds is 7. The summed E-state index contributed by atoms with van der Waals surface area (Å²) in [5.74, 6) is -2.14. The Hall–Kier alpha value is -2.28. The van der Waals surface area contributed by atoms with Crippen LogP contribution in [-0.2, 0) is 16.0 Å². The molecule has 0 radical (unpaired) electrons. The molecule has 122 valence electrons. The van der Waals surface area contributed by atoms with E-state index in [0.717, 1.165) is 0 Å². The fourth-order valence-electron chi connectivity index (χ4n) is 2.03. The van der Waals surface area contributed by atoms with Crippen LogP contribution in [0.3, 0.4) is 0 Å². The minimum atomic E-state index is -1.20. The molecule has 2 atom stereocenters. The first kappa shape index (κ1) is 17.8. The van der Waals surface area contributed by atoms with E-state index < -0.39 is 24.0 Å². The highest BCUT2D eigenvalue weighted by Gasteiger charge is 2.24. The number of phenolic OH excluding ortho intramolecular Hbond substituents is 2. The summed E-state index contributed by atoms with van der Waals surface area (Å²) in [6.07, 6.45) is 0.432. The van der Waals surface area contributed by atoms with E-state index in [2.05, 4.69) is 5.32 Å². The Labute approximate surface area is 128 Å². The SMILES string of the molecule is CC(C)CC(N)C(=O)NC(Cc1ccc(O)c(O)c1)C(=O)O. The van der Waals surface area contributed by atoms with Crippen LogP contribution in [0.4, 0.5) is 0 Å². The topological polar surface area (TPSA) is 133 Å². The zero-order valence-electron chi connectivity index (χ0n) is 12.6. The number of carboxylic acid groups (broad SMARTS) is 1. The van der Waals surface area contributed by atoms with Crippen LogP contribution in [0.25, 0.3) is 0 Å². The molecule has 0 aliphatic heterocycles. The first-order valence-electron chi connectivity index (χ1n) is 7.00. The predicted octanol–water partition coefficient (Wildman–Crippen LogP) is 0.583. The summed E-state index contributed by atoms with van der Waals surface area (Å²) in [7, 11) is 0. The number of carbonyl (C=O) groups excluding carboxylic acids is 1. The molecule has 0 heterocycles. The van der Waals surface area contributed by atoms with Gasteiger partial charge < -0.3 is 26.4 Å². The van der Waals surface area contributed by atoms with Crippen molar-refractivity contribution in [2.75, 3.05) is 0 Å². The molecule has 7 heteroatoms. The maximum absolute atomic E-state index is 11.9. The number of amides is 1. The third kappa shape index (κ3) is 5.25. The molecule has 1 aromatic carbocycles. The summed E-state index contributed by atoms with van der Waals surface area (Å²) in [5, 5.41) is 30.3. The Morgan fingerprint density at radius 1 is 1.23 bits per heavy atom. The summed E-state index contributed by atoms with van der Waals surface area (Å²) in [6.45, 7) is 3.84. The van der Waals surface area contributed by atoms with Gasteiger partial charge >= 0.3 is 5.97 Å². The molecule has 0 aliphatic rings. The number of hydrogen-bond acceptors (Lipinski definition) is 5. The minimum absolute atomic E-state index is 0.0245. The average Bonchev–Trinajstić information content (AvgIpc) is 2.41. The van der Waals surface area contributed by atoms with E-state index in [0.29, 0.717) is 12.0 Å². The number of carboxylic acids is 1. The van der Waals surface area contributed by atoms with Gasteiger partial charge in [0.2, 0.25) is 5.91 Å². The molecule has 1 amide bonds. The van der Waals surface area contributed by atoms with E-state index in [-0.39, 0.29) is 23.8 Å². The van der Waals surface area contributed by atoms with Gasteiger partial charge in [0.25, 0.3) is 0 Å². The molecule has 0 saturated carbocycles. The monoisotopic (exact) mass is 310 g/mol. The standard InChI is InChI=1S/C15H22N2O5/c1-8(2)5-10(16)14(20)17-11(15(21)22)6-9-3-4-12(18)13(19)7-9/h3-4,7-8,10-11,18-19H,5-6,16H2,1-2H3,(H,17,20)(H,21,22). The van der Waals surface area contributed by atoms with Gasteiger partial charge in [0.1, 0.15) is 6.04 Å². The van der Waals surface area contributed by atoms with Gasteiger partial charge in [-0.2, -0.15) is 0 Å². The number of nitrogens with two attached hydrogens (primary N) is 1. The smallest absolute Gasteiger partial charge is 0.326 e. The molecular weight excluding hydrogens is 288 g/mol. The number of hydrogen-bond donors (Lipinski definition) is 5. The van der Waals surface area contributed by atoms with Gasteiger partial charge in [-0.15, -0.1) is 0 Å². The Morgan fingerprint density at radius 2 is 1.86 bits per heavy atom. The highest BCUT2D eigenvalue weighted by molar-refractivity contribution is 5.86. The highest BCUT2D eigenvalue weighted by Crippen LogP contribution is 2.25. The van der Waals surface area contributed by atoms with Gasteiger partial charge in [-0.25, -0.2) is 4.79 Å². The second-order valence-electron chi connectivity index (χ2n) is 5.66. The minimum Gasteiger partial charge on any atom is -0.504 e. The van der Waals surface area contributed by atoms with Crippen molar-refractivity contribution in [1.82, 2.24) is 5.32 Å². The summed E-state index contributed by atoms with van der Waals surface area (Å²) >= 11 is 0. The number of aromatic hydroxyl groups is 2. The Balaban J connectivity index is 2.75. The van der Waals surface area contributed by atoms with Gasteiger partial charge in [-0.1, -0.05) is 19.9 Å². The highest BCUT2D eigenvalue weighted by atomic mass is 16.4. The number of phenols is 2. The van der Waals surface area contributed by atoms with Crippen molar-refractivity contribution in [1.29, 1.82) is 0 Å². The van der Waals surface area contributed by atoms with Crippen LogP contribution in [0.5, 0.6) is 11.5 Å². The van der Waals surface area contributed by atoms with Gasteiger partial charge in [0.05, 0.1) is 6.04 Å². The summed E-state index contributed by atoms with van der Waals surface area (Å²) in [5.41, 5.74) is 6.20. The van der Waals surface area contributed by atoms with Crippen LogP contribution in [-0.4, -0.2) is 39.3 Å². The largest absolute Gasteiger partial charge is 0.504 e. The Morgan fingerprint density at radius 3 is 2.36 bits per heavy atom. The van der Waals surface area contributed by atoms with E-state index in [1.54, 1.807) is 0 Å². The number of aliphatic carboxylic acids is 1. The molecule has 0 aromatic heterocycles. The van der Waals surface area contributed by atoms with Crippen molar-refractivity contribution in [2.24, 2.45) is 11.7 Å². The number of nitrogens with one attached hydrogen (secondary N) is 1. The van der Waals surface area contributed by atoms with Gasteiger partial charge in [-0.3, -0.25) is 4.79 Å². The van der Waals surface area contributed by atoms with E-state index in [1.807, 2.05) is 13.8 Å². The molecular formula is C15H22N2O5. The van der Waals surface area contributed by atoms with Gasteiger partial charge in [0.15, 0.2) is 11.5 Å². The maximum atomic E-state index is 11.9. The van der Waals surface area contributed by atoms with Crippen LogP contribution < -0.4 is 11.1 Å². The molecule has 1 rings (SSSR count). The van der Waals surface area contributed by atoms with E-state index in [4.69, 9.17) is 5.73 Å². The lowest BCUT2D eigenvalue weighted by Crippen LogP contribution is -2.49. The third-order valence-corrected chi connectivity index (χ3v) is 3.16. The summed E-state index contributed by atoms with van der Waals surface area (Å²) < 4.78 is 0. The summed E-state index contributed by atoms with van der Waals surface area (Å²) in [4.78, 5) is 23.2. The van der Waals surface area contributed by atoms with Gasteiger partial charge in [0, 0.05) is 6.42 Å². The van der Waals surface area contributed by atoms with Crippen molar-refractivity contribution in [3.05, 3.63) is 23.8 Å². The zero-order valence-corrected chi connectivity index (χ0v) is 12.6. The van der Waals surface area contributed by atoms with Crippen molar-refractivity contribution >= 4 is 11.9 Å². The van der Waals surface area contributed by atoms with Crippen LogP contribution in [0.2, 0.25) is 0 Å². The van der Waals surface area contributed by atoms with Crippen molar-refractivity contribution in [2.45, 2.75) is 38.8 Å². The third-order valence-electron chi connectivity index (χ3n) is 3.16. The molecule has 22 heavy (non-hydrogen) atoms. The van der Waals surface area contributed by atoms with Crippen LogP contribution in [0.1, 0.15) is 25.8 Å². The van der Waals surface area contributed by atoms with Crippen LogP contribution in [0, 0.1) is 5.92 Å². The molecule has 2 unspecified atom stereocenters. The van der Waals surface area contributed by atoms with E-state index >= 15 is 0 Å². The lowest BCUT2D eigenvalue weighted by atomic mass is 10.0.